The third kappa shape index (κ3) is 3.28. The molecule has 2 fully saturated rings. The van der Waals surface area contributed by atoms with Crippen LogP contribution in [0.15, 0.2) is 59.5 Å². The van der Waals surface area contributed by atoms with Gasteiger partial charge in [0.15, 0.2) is 0 Å². The molecular formula is C19H18ClN3O4S. The molecule has 0 spiro atoms. The number of rotatable bonds is 4. The number of carbonyl (C=O) groups excluding carboxylic acids is 2. The highest BCUT2D eigenvalue weighted by atomic mass is 35.5. The van der Waals surface area contributed by atoms with Crippen molar-refractivity contribution in [3.05, 3.63) is 65.2 Å². The Balaban J connectivity index is 1.63. The summed E-state index contributed by atoms with van der Waals surface area (Å²) in [6.45, 7) is 0.245. The van der Waals surface area contributed by atoms with Crippen LogP contribution >= 0.6 is 11.6 Å². The summed E-state index contributed by atoms with van der Waals surface area (Å²) in [5.74, 6) is -0.507. The molecule has 4 rings (SSSR count). The second-order valence-electron chi connectivity index (χ2n) is 6.77. The van der Waals surface area contributed by atoms with Gasteiger partial charge in [0.05, 0.1) is 17.5 Å². The minimum atomic E-state index is -3.90. The summed E-state index contributed by atoms with van der Waals surface area (Å²) in [7, 11) is -3.90. The van der Waals surface area contributed by atoms with Crippen LogP contribution in [0.5, 0.6) is 0 Å². The van der Waals surface area contributed by atoms with Crippen LogP contribution in [0.2, 0.25) is 5.02 Å². The fourth-order valence-corrected chi connectivity index (χ4v) is 5.39. The zero-order valence-corrected chi connectivity index (χ0v) is 16.4. The molecule has 1 N–H and O–H groups in total. The van der Waals surface area contributed by atoms with E-state index in [1.807, 2.05) is 30.3 Å². The maximum Gasteiger partial charge on any atom is 0.324 e. The predicted octanol–water partition coefficient (Wildman–Crippen LogP) is 2.22. The van der Waals surface area contributed by atoms with E-state index in [0.29, 0.717) is 11.4 Å². The zero-order valence-electron chi connectivity index (χ0n) is 14.8. The van der Waals surface area contributed by atoms with Gasteiger partial charge in [0, 0.05) is 11.6 Å². The number of urea groups is 1. The van der Waals surface area contributed by atoms with Crippen LogP contribution in [0.4, 0.5) is 4.79 Å². The number of fused-ring (bicyclic) bond motifs is 1. The van der Waals surface area contributed by atoms with Crippen molar-refractivity contribution in [1.82, 2.24) is 14.5 Å². The van der Waals surface area contributed by atoms with E-state index in [-0.39, 0.29) is 18.0 Å². The Morgan fingerprint density at radius 2 is 1.71 bits per heavy atom. The molecule has 0 unspecified atom stereocenters. The van der Waals surface area contributed by atoms with Gasteiger partial charge in [-0.1, -0.05) is 41.9 Å². The van der Waals surface area contributed by atoms with Gasteiger partial charge in [0.2, 0.25) is 10.0 Å². The molecule has 2 heterocycles. The number of sulfonamides is 1. The van der Waals surface area contributed by atoms with Gasteiger partial charge >= 0.3 is 6.03 Å². The molecule has 2 aliphatic rings. The fourth-order valence-electron chi connectivity index (χ4n) is 3.63. The summed E-state index contributed by atoms with van der Waals surface area (Å²) in [4.78, 5) is 26.7. The predicted molar refractivity (Wildman–Crippen MR) is 103 cm³/mol. The summed E-state index contributed by atoms with van der Waals surface area (Å²) >= 11 is 5.85. The molecule has 2 aromatic rings. The van der Waals surface area contributed by atoms with Gasteiger partial charge in [0.1, 0.15) is 6.04 Å². The minimum Gasteiger partial charge on any atom is -0.333 e. The number of nitrogens with one attached hydrogen (secondary N) is 1. The van der Waals surface area contributed by atoms with E-state index in [2.05, 4.69) is 5.32 Å². The fraction of sp³-hybridized carbons (Fsp3) is 0.263. The first-order valence-corrected chi connectivity index (χ1v) is 10.6. The molecule has 0 bridgehead atoms. The van der Waals surface area contributed by atoms with Crippen LogP contribution in [0.25, 0.3) is 0 Å². The molecule has 7 nitrogen and oxygen atoms in total. The molecule has 2 saturated heterocycles. The summed E-state index contributed by atoms with van der Waals surface area (Å²) < 4.78 is 27.4. The lowest BCUT2D eigenvalue weighted by Crippen LogP contribution is -2.64. The van der Waals surface area contributed by atoms with Crippen molar-refractivity contribution in [3.63, 3.8) is 0 Å². The van der Waals surface area contributed by atoms with Gasteiger partial charge in [0.25, 0.3) is 5.91 Å². The van der Waals surface area contributed by atoms with Gasteiger partial charge < -0.3 is 5.32 Å². The second-order valence-corrected chi connectivity index (χ2v) is 9.10. The van der Waals surface area contributed by atoms with Gasteiger partial charge in [-0.25, -0.2) is 13.2 Å². The summed E-state index contributed by atoms with van der Waals surface area (Å²) in [5.41, 5.74) is 0.787. The van der Waals surface area contributed by atoms with E-state index in [1.165, 1.54) is 28.6 Å². The van der Waals surface area contributed by atoms with E-state index < -0.39 is 34.0 Å². The molecule has 2 aromatic carbocycles. The molecule has 0 aliphatic carbocycles. The molecule has 9 heteroatoms. The standard InChI is InChI=1S/C19H18ClN3O4S/c20-14-6-8-15(9-7-14)28(26,27)23-11-10-16-17(23)18(24)22(19(25)21-16)12-13-4-2-1-3-5-13/h1-9,16-17H,10-12H2,(H,21,25)/t16-,17+/m1/s1. The van der Waals surface area contributed by atoms with Gasteiger partial charge in [-0.15, -0.1) is 0 Å². The second kappa shape index (κ2) is 7.20. The highest BCUT2D eigenvalue weighted by Gasteiger charge is 2.51. The molecule has 0 radical (unpaired) electrons. The highest BCUT2D eigenvalue weighted by molar-refractivity contribution is 7.89. The smallest absolute Gasteiger partial charge is 0.324 e. The number of benzene rings is 2. The number of hydrogen-bond acceptors (Lipinski definition) is 4. The average Bonchev–Trinajstić information content (AvgIpc) is 3.11. The number of nitrogens with zero attached hydrogens (tertiary/aromatic N) is 2. The Bertz CT molecular complexity index is 1010. The maximum absolute atomic E-state index is 13.1. The quantitative estimate of drug-likeness (QED) is 0.823. The Morgan fingerprint density at radius 1 is 1.04 bits per heavy atom. The van der Waals surface area contributed by atoms with E-state index in [0.717, 1.165) is 10.5 Å². The molecule has 0 saturated carbocycles. The maximum atomic E-state index is 13.1. The molecule has 2 aliphatic heterocycles. The number of carbonyl (C=O) groups is 2. The van der Waals surface area contributed by atoms with Crippen LogP contribution in [-0.4, -0.2) is 48.2 Å². The Morgan fingerprint density at radius 3 is 2.39 bits per heavy atom. The summed E-state index contributed by atoms with van der Waals surface area (Å²) in [6.07, 6.45) is 0.383. The van der Waals surface area contributed by atoms with E-state index in [4.69, 9.17) is 11.6 Å². The van der Waals surface area contributed by atoms with Crippen LogP contribution in [0.1, 0.15) is 12.0 Å². The van der Waals surface area contributed by atoms with Crippen molar-refractivity contribution in [2.24, 2.45) is 0 Å². The topological polar surface area (TPSA) is 86.8 Å². The van der Waals surface area contributed by atoms with Crippen molar-refractivity contribution in [2.45, 2.75) is 29.9 Å². The highest BCUT2D eigenvalue weighted by Crippen LogP contribution is 2.31. The van der Waals surface area contributed by atoms with Crippen LogP contribution in [0, 0.1) is 0 Å². The van der Waals surface area contributed by atoms with Crippen LogP contribution in [-0.2, 0) is 21.4 Å². The molecule has 28 heavy (non-hydrogen) atoms. The van der Waals surface area contributed by atoms with Gasteiger partial charge in [-0.3, -0.25) is 9.69 Å². The minimum absolute atomic E-state index is 0.0665. The third-order valence-electron chi connectivity index (χ3n) is 5.03. The number of halogens is 1. The van der Waals surface area contributed by atoms with Crippen molar-refractivity contribution in [1.29, 1.82) is 0 Å². The number of imide groups is 1. The molecule has 3 amide bonds. The Labute approximate surface area is 167 Å². The first-order chi connectivity index (χ1) is 13.4. The first kappa shape index (κ1) is 18.9. The first-order valence-electron chi connectivity index (χ1n) is 8.81. The van der Waals surface area contributed by atoms with Gasteiger partial charge in [-0.05, 0) is 36.2 Å². The van der Waals surface area contributed by atoms with Crippen molar-refractivity contribution < 1.29 is 18.0 Å². The Hall–Kier alpha value is -2.42. The van der Waals surface area contributed by atoms with Crippen LogP contribution in [0.3, 0.4) is 0 Å². The zero-order chi connectivity index (χ0) is 19.9. The van der Waals surface area contributed by atoms with Crippen molar-refractivity contribution >= 4 is 33.6 Å². The lowest BCUT2D eigenvalue weighted by atomic mass is 10.1. The molecule has 146 valence electrons. The number of hydrogen-bond donors (Lipinski definition) is 1. The van der Waals surface area contributed by atoms with Crippen LogP contribution < -0.4 is 5.32 Å². The normalized spacial score (nSPS) is 22.8. The van der Waals surface area contributed by atoms with Gasteiger partial charge in [-0.2, -0.15) is 4.31 Å². The average molecular weight is 420 g/mol. The Kier molecular flexibility index (Phi) is 4.86. The summed E-state index contributed by atoms with van der Waals surface area (Å²) in [6, 6.07) is 12.9. The molecule has 2 atom stereocenters. The lowest BCUT2D eigenvalue weighted by Gasteiger charge is -2.36. The monoisotopic (exact) mass is 419 g/mol. The van der Waals surface area contributed by atoms with E-state index in [9.17, 15) is 18.0 Å². The van der Waals surface area contributed by atoms with E-state index in [1.54, 1.807) is 0 Å². The summed E-state index contributed by atoms with van der Waals surface area (Å²) in [5, 5.41) is 3.20. The number of amides is 3. The lowest BCUT2D eigenvalue weighted by molar-refractivity contribution is -0.134. The largest absolute Gasteiger partial charge is 0.333 e. The molecular weight excluding hydrogens is 402 g/mol. The van der Waals surface area contributed by atoms with E-state index >= 15 is 0 Å². The van der Waals surface area contributed by atoms with Crippen molar-refractivity contribution in [2.75, 3.05) is 6.54 Å². The van der Waals surface area contributed by atoms with Crippen molar-refractivity contribution in [3.8, 4) is 0 Å². The third-order valence-corrected chi connectivity index (χ3v) is 7.18. The molecule has 0 aromatic heterocycles. The SMILES string of the molecule is O=C1N[C@@H]2CCN(S(=O)(=O)c3ccc(Cl)cc3)[C@@H]2C(=O)N1Cc1ccccc1.